The van der Waals surface area contributed by atoms with Crippen LogP contribution in [0.3, 0.4) is 0 Å². The monoisotopic (exact) mass is 374 g/mol. The first-order valence-corrected chi connectivity index (χ1v) is 10.2. The lowest BCUT2D eigenvalue weighted by molar-refractivity contribution is 0.0238. The molecule has 140 valence electrons. The molecule has 3 N–H and O–H groups in total. The lowest BCUT2D eigenvalue weighted by Crippen LogP contribution is -2.49. The molecule has 0 radical (unpaired) electrons. The molecule has 0 atom stereocenters. The fourth-order valence-corrected chi connectivity index (χ4v) is 4.92. The maximum absolute atomic E-state index is 12.7. The molecule has 0 bridgehead atoms. The highest BCUT2D eigenvalue weighted by atomic mass is 32.1. The Morgan fingerprint density at radius 3 is 2.73 bits per heavy atom. The van der Waals surface area contributed by atoms with Crippen LogP contribution in [0.4, 0.5) is 5.13 Å². The largest absolute Gasteiger partial charge is 0.381 e. The number of aromatic nitrogens is 1. The molecule has 1 aromatic carbocycles. The lowest BCUT2D eigenvalue weighted by atomic mass is 9.99. The summed E-state index contributed by atoms with van der Waals surface area (Å²) in [4.78, 5) is 19.6. The van der Waals surface area contributed by atoms with Crippen molar-refractivity contribution in [1.29, 1.82) is 0 Å². The molecular formula is C19H26N4O2S. The van der Waals surface area contributed by atoms with Gasteiger partial charge >= 0.3 is 0 Å². The number of likely N-dealkylation sites (tertiary alicyclic amines) is 1. The molecule has 4 rings (SSSR count). The van der Waals surface area contributed by atoms with Crippen LogP contribution in [0.15, 0.2) is 12.1 Å². The van der Waals surface area contributed by atoms with Gasteiger partial charge in [-0.25, -0.2) is 4.98 Å². The number of thiazole rings is 1. The van der Waals surface area contributed by atoms with Gasteiger partial charge in [-0.05, 0) is 50.3 Å². The number of ether oxygens (including phenoxy) is 1. The minimum atomic E-state index is 0.00601. The zero-order valence-corrected chi connectivity index (χ0v) is 16.0. The molecule has 2 aromatic rings. The van der Waals surface area contributed by atoms with Crippen LogP contribution in [0.2, 0.25) is 0 Å². The number of fused-ring (bicyclic) bond motifs is 1. The number of anilines is 1. The predicted molar refractivity (Wildman–Crippen MR) is 105 cm³/mol. The molecule has 0 spiro atoms. The molecule has 2 fully saturated rings. The van der Waals surface area contributed by atoms with E-state index in [0.29, 0.717) is 16.7 Å². The number of nitrogen functional groups attached to an aromatic ring is 1. The number of hydrogen-bond donors (Lipinski definition) is 2. The molecule has 2 saturated heterocycles. The Kier molecular flexibility index (Phi) is 5.11. The average Bonchev–Trinajstić information content (AvgIpc) is 3.04. The number of benzene rings is 1. The van der Waals surface area contributed by atoms with Gasteiger partial charge in [-0.3, -0.25) is 4.79 Å². The normalized spacial score (nSPS) is 20.5. The van der Waals surface area contributed by atoms with E-state index in [4.69, 9.17) is 10.5 Å². The highest BCUT2D eigenvalue weighted by Crippen LogP contribution is 2.28. The van der Waals surface area contributed by atoms with Gasteiger partial charge in [0, 0.05) is 44.0 Å². The zero-order valence-electron chi connectivity index (χ0n) is 15.2. The summed E-state index contributed by atoms with van der Waals surface area (Å²) < 4.78 is 6.43. The first-order chi connectivity index (χ1) is 12.6. The van der Waals surface area contributed by atoms with Gasteiger partial charge in [0.1, 0.15) is 0 Å². The maximum Gasteiger partial charge on any atom is 0.251 e. The van der Waals surface area contributed by atoms with Crippen LogP contribution in [-0.4, -0.2) is 54.2 Å². The summed E-state index contributed by atoms with van der Waals surface area (Å²) >= 11 is 1.43. The van der Waals surface area contributed by atoms with Crippen LogP contribution < -0.4 is 11.1 Å². The number of hydrogen-bond acceptors (Lipinski definition) is 6. The lowest BCUT2D eigenvalue weighted by Gasteiger charge is -2.39. The van der Waals surface area contributed by atoms with Gasteiger partial charge in [0.25, 0.3) is 5.91 Å². The molecule has 2 aliphatic rings. The van der Waals surface area contributed by atoms with Gasteiger partial charge in [-0.1, -0.05) is 11.3 Å². The van der Waals surface area contributed by atoms with E-state index >= 15 is 0 Å². The molecule has 0 aliphatic carbocycles. The highest BCUT2D eigenvalue weighted by Gasteiger charge is 2.27. The van der Waals surface area contributed by atoms with E-state index < -0.39 is 0 Å². The molecule has 2 aliphatic heterocycles. The molecule has 1 amide bonds. The number of piperidine rings is 1. The van der Waals surface area contributed by atoms with Gasteiger partial charge in [0.15, 0.2) is 5.13 Å². The van der Waals surface area contributed by atoms with Crippen molar-refractivity contribution >= 4 is 32.6 Å². The second-order valence-electron chi connectivity index (χ2n) is 7.32. The van der Waals surface area contributed by atoms with Crippen LogP contribution in [-0.2, 0) is 4.74 Å². The molecule has 0 saturated carbocycles. The summed E-state index contributed by atoms with van der Waals surface area (Å²) in [5, 5.41) is 3.76. The average molecular weight is 375 g/mol. The van der Waals surface area contributed by atoms with Crippen molar-refractivity contribution in [1.82, 2.24) is 15.2 Å². The van der Waals surface area contributed by atoms with Gasteiger partial charge in [0.2, 0.25) is 0 Å². The Labute approximate surface area is 157 Å². The van der Waals surface area contributed by atoms with E-state index in [9.17, 15) is 4.79 Å². The summed E-state index contributed by atoms with van der Waals surface area (Å²) in [6.45, 7) is 5.85. The number of nitrogens with two attached hydrogens (primary N) is 1. The van der Waals surface area contributed by atoms with Crippen molar-refractivity contribution in [2.45, 2.75) is 44.7 Å². The zero-order chi connectivity index (χ0) is 18.1. The molecule has 26 heavy (non-hydrogen) atoms. The Hall–Kier alpha value is -1.70. The molecule has 0 unspecified atom stereocenters. The summed E-state index contributed by atoms with van der Waals surface area (Å²) in [5.41, 5.74) is 8.40. The van der Waals surface area contributed by atoms with Gasteiger partial charge < -0.3 is 20.7 Å². The number of carbonyl (C=O) groups is 1. The number of aryl methyl sites for hydroxylation is 1. The van der Waals surface area contributed by atoms with Gasteiger partial charge in [0.05, 0.1) is 10.2 Å². The third-order valence-corrected chi connectivity index (χ3v) is 6.37. The summed E-state index contributed by atoms with van der Waals surface area (Å²) in [7, 11) is 0. The van der Waals surface area contributed by atoms with E-state index in [-0.39, 0.29) is 11.9 Å². The number of nitrogens with zero attached hydrogens (tertiary/aromatic N) is 2. The minimum Gasteiger partial charge on any atom is -0.381 e. The second-order valence-corrected chi connectivity index (χ2v) is 8.38. The van der Waals surface area contributed by atoms with Crippen molar-refractivity contribution in [2.24, 2.45) is 0 Å². The Balaban J connectivity index is 1.36. The number of nitrogens with one attached hydrogen (secondary N) is 1. The van der Waals surface area contributed by atoms with Crippen molar-refractivity contribution < 1.29 is 9.53 Å². The minimum absolute atomic E-state index is 0.00601. The highest BCUT2D eigenvalue weighted by molar-refractivity contribution is 7.22. The van der Waals surface area contributed by atoms with Crippen LogP contribution in [0.5, 0.6) is 0 Å². The van der Waals surface area contributed by atoms with Crippen molar-refractivity contribution in [3.05, 3.63) is 23.3 Å². The number of rotatable bonds is 3. The number of amides is 1. The third kappa shape index (κ3) is 3.70. The summed E-state index contributed by atoms with van der Waals surface area (Å²) in [5.74, 6) is 0.00601. The first-order valence-electron chi connectivity index (χ1n) is 9.39. The molecule has 6 nitrogen and oxygen atoms in total. The van der Waals surface area contributed by atoms with Crippen molar-refractivity contribution in [2.75, 3.05) is 32.0 Å². The summed E-state index contributed by atoms with van der Waals surface area (Å²) in [6.07, 6.45) is 4.29. The Bertz CT molecular complexity index is 792. The van der Waals surface area contributed by atoms with E-state index in [2.05, 4.69) is 15.2 Å². The number of carbonyl (C=O) groups excluding carboxylic acids is 1. The Morgan fingerprint density at radius 2 is 2.00 bits per heavy atom. The van der Waals surface area contributed by atoms with E-state index in [1.54, 1.807) is 0 Å². The van der Waals surface area contributed by atoms with E-state index in [0.717, 1.165) is 67.8 Å². The van der Waals surface area contributed by atoms with Crippen molar-refractivity contribution in [3.63, 3.8) is 0 Å². The van der Waals surface area contributed by atoms with Gasteiger partial charge in [-0.15, -0.1) is 0 Å². The SMILES string of the molecule is Cc1cc(C(=O)NC2CCN(C3CCOCC3)CC2)cc2sc(N)nc12. The maximum atomic E-state index is 12.7. The smallest absolute Gasteiger partial charge is 0.251 e. The molecular weight excluding hydrogens is 348 g/mol. The van der Waals surface area contributed by atoms with Gasteiger partial charge in [-0.2, -0.15) is 0 Å². The molecule has 7 heteroatoms. The Morgan fingerprint density at radius 1 is 1.27 bits per heavy atom. The standard InChI is InChI=1S/C19H26N4O2S/c1-12-10-13(11-16-17(12)22-19(20)26-16)18(24)21-14-2-6-23(7-3-14)15-4-8-25-9-5-15/h10-11,14-15H,2-9H2,1H3,(H2,20,22)(H,21,24). The second kappa shape index (κ2) is 7.50. The topological polar surface area (TPSA) is 80.5 Å². The molecule has 1 aromatic heterocycles. The van der Waals surface area contributed by atoms with Crippen LogP contribution in [0.25, 0.3) is 10.2 Å². The fourth-order valence-electron chi connectivity index (χ4n) is 4.07. The quantitative estimate of drug-likeness (QED) is 0.863. The van der Waals surface area contributed by atoms with Crippen LogP contribution in [0.1, 0.15) is 41.6 Å². The van der Waals surface area contributed by atoms with Crippen LogP contribution in [0, 0.1) is 6.92 Å². The predicted octanol–water partition coefficient (Wildman–Crippen LogP) is 2.56. The van der Waals surface area contributed by atoms with E-state index in [1.165, 1.54) is 11.3 Å². The van der Waals surface area contributed by atoms with Crippen LogP contribution >= 0.6 is 11.3 Å². The van der Waals surface area contributed by atoms with E-state index in [1.807, 2.05) is 19.1 Å². The summed E-state index contributed by atoms with van der Waals surface area (Å²) in [6, 6.07) is 4.72. The third-order valence-electron chi connectivity index (χ3n) is 5.54. The first kappa shape index (κ1) is 17.7. The van der Waals surface area contributed by atoms with Crippen molar-refractivity contribution in [3.8, 4) is 0 Å². The fraction of sp³-hybridized carbons (Fsp3) is 0.579. The molecule has 3 heterocycles.